The summed E-state index contributed by atoms with van der Waals surface area (Å²) < 4.78 is 11.0. The van der Waals surface area contributed by atoms with Crippen LogP contribution in [0.25, 0.3) is 0 Å². The van der Waals surface area contributed by atoms with Crippen molar-refractivity contribution in [2.75, 3.05) is 46.5 Å². The Bertz CT molecular complexity index is 236. The molecular formula is C14H28N2O2. The zero-order valence-corrected chi connectivity index (χ0v) is 11.8. The SMILES string of the molecule is COCC1(CNCC2CCOC2C)CCNCC1. The lowest BCUT2D eigenvalue weighted by Gasteiger charge is -2.37. The predicted octanol–water partition coefficient (Wildman–Crippen LogP) is 1.02. The van der Waals surface area contributed by atoms with Crippen LogP contribution in [-0.4, -0.2) is 52.6 Å². The summed E-state index contributed by atoms with van der Waals surface area (Å²) in [7, 11) is 1.82. The fourth-order valence-corrected chi connectivity index (χ4v) is 3.20. The number of ether oxygens (including phenoxy) is 2. The maximum Gasteiger partial charge on any atom is 0.0588 e. The second-order valence-electron chi connectivity index (χ2n) is 5.94. The number of methoxy groups -OCH3 is 1. The topological polar surface area (TPSA) is 42.5 Å². The third kappa shape index (κ3) is 3.67. The van der Waals surface area contributed by atoms with Gasteiger partial charge in [0, 0.05) is 32.2 Å². The molecule has 2 aliphatic rings. The number of rotatable bonds is 6. The van der Waals surface area contributed by atoms with Crippen LogP contribution >= 0.6 is 0 Å². The van der Waals surface area contributed by atoms with Crippen LogP contribution in [0.5, 0.6) is 0 Å². The third-order valence-corrected chi connectivity index (χ3v) is 4.55. The standard InChI is InChI=1S/C14H28N2O2/c1-12-13(3-8-18-12)9-16-10-14(11-17-2)4-6-15-7-5-14/h12-13,15-16H,3-11H2,1-2H3. The average molecular weight is 256 g/mol. The molecule has 2 fully saturated rings. The molecule has 18 heavy (non-hydrogen) atoms. The summed E-state index contributed by atoms with van der Waals surface area (Å²) in [5, 5.41) is 7.10. The quantitative estimate of drug-likeness (QED) is 0.744. The highest BCUT2D eigenvalue weighted by Gasteiger charge is 2.32. The molecule has 0 bridgehead atoms. The number of hydrogen-bond donors (Lipinski definition) is 2. The van der Waals surface area contributed by atoms with Gasteiger partial charge in [-0.05, 0) is 45.2 Å². The molecular weight excluding hydrogens is 228 g/mol. The Hall–Kier alpha value is -0.160. The molecule has 2 atom stereocenters. The van der Waals surface area contributed by atoms with E-state index in [2.05, 4.69) is 17.6 Å². The van der Waals surface area contributed by atoms with E-state index < -0.39 is 0 Å². The van der Waals surface area contributed by atoms with Crippen molar-refractivity contribution in [3.63, 3.8) is 0 Å². The van der Waals surface area contributed by atoms with E-state index in [1.54, 1.807) is 0 Å². The molecule has 2 aliphatic heterocycles. The molecule has 2 saturated heterocycles. The molecule has 0 aromatic carbocycles. The minimum Gasteiger partial charge on any atom is -0.384 e. The van der Waals surface area contributed by atoms with E-state index in [0.717, 1.165) is 39.4 Å². The molecule has 2 heterocycles. The average Bonchev–Trinajstić information content (AvgIpc) is 2.77. The van der Waals surface area contributed by atoms with Gasteiger partial charge in [0.15, 0.2) is 0 Å². The molecule has 2 unspecified atom stereocenters. The Morgan fingerprint density at radius 2 is 2.17 bits per heavy atom. The van der Waals surface area contributed by atoms with Gasteiger partial charge in [-0.2, -0.15) is 0 Å². The molecule has 0 aliphatic carbocycles. The van der Waals surface area contributed by atoms with Crippen LogP contribution in [0.4, 0.5) is 0 Å². The van der Waals surface area contributed by atoms with Gasteiger partial charge in [0.1, 0.15) is 0 Å². The van der Waals surface area contributed by atoms with Crippen LogP contribution in [0, 0.1) is 11.3 Å². The Balaban J connectivity index is 1.75. The highest BCUT2D eigenvalue weighted by Crippen LogP contribution is 2.28. The molecule has 0 amide bonds. The van der Waals surface area contributed by atoms with Crippen LogP contribution < -0.4 is 10.6 Å². The van der Waals surface area contributed by atoms with Gasteiger partial charge in [-0.1, -0.05) is 0 Å². The van der Waals surface area contributed by atoms with Gasteiger partial charge in [-0.3, -0.25) is 0 Å². The Labute approximate surface area is 111 Å². The van der Waals surface area contributed by atoms with Gasteiger partial charge in [0.25, 0.3) is 0 Å². The van der Waals surface area contributed by atoms with E-state index in [4.69, 9.17) is 9.47 Å². The molecule has 2 rings (SSSR count). The summed E-state index contributed by atoms with van der Waals surface area (Å²) in [5.41, 5.74) is 0.336. The maximum absolute atomic E-state index is 5.61. The Kier molecular flexibility index (Phi) is 5.42. The van der Waals surface area contributed by atoms with Crippen molar-refractivity contribution in [3.05, 3.63) is 0 Å². The first kappa shape index (κ1) is 14.3. The lowest BCUT2D eigenvalue weighted by molar-refractivity contribution is 0.0514. The lowest BCUT2D eigenvalue weighted by Crippen LogP contribution is -2.47. The van der Waals surface area contributed by atoms with Crippen molar-refractivity contribution >= 4 is 0 Å². The zero-order chi connectivity index (χ0) is 12.8. The summed E-state index contributed by atoms with van der Waals surface area (Å²) in [5.74, 6) is 0.686. The van der Waals surface area contributed by atoms with Crippen molar-refractivity contribution in [3.8, 4) is 0 Å². The van der Waals surface area contributed by atoms with E-state index in [0.29, 0.717) is 17.4 Å². The smallest absolute Gasteiger partial charge is 0.0588 e. The number of piperidine rings is 1. The van der Waals surface area contributed by atoms with Crippen LogP contribution in [0.2, 0.25) is 0 Å². The van der Waals surface area contributed by atoms with Crippen LogP contribution in [0.3, 0.4) is 0 Å². The molecule has 0 aromatic heterocycles. The minimum atomic E-state index is 0.336. The molecule has 4 nitrogen and oxygen atoms in total. The van der Waals surface area contributed by atoms with Crippen molar-refractivity contribution in [2.45, 2.75) is 32.3 Å². The first-order valence-corrected chi connectivity index (χ1v) is 7.28. The molecule has 0 saturated carbocycles. The number of nitrogens with one attached hydrogen (secondary N) is 2. The summed E-state index contributed by atoms with van der Waals surface area (Å²) in [4.78, 5) is 0. The highest BCUT2D eigenvalue weighted by atomic mass is 16.5. The van der Waals surface area contributed by atoms with Crippen molar-refractivity contribution in [2.24, 2.45) is 11.3 Å². The minimum absolute atomic E-state index is 0.336. The molecule has 4 heteroatoms. The summed E-state index contributed by atoms with van der Waals surface area (Å²) in [6, 6.07) is 0. The van der Waals surface area contributed by atoms with Crippen molar-refractivity contribution in [1.29, 1.82) is 0 Å². The van der Waals surface area contributed by atoms with Crippen LogP contribution in [0.15, 0.2) is 0 Å². The largest absolute Gasteiger partial charge is 0.384 e. The van der Waals surface area contributed by atoms with Gasteiger partial charge in [0.05, 0.1) is 12.7 Å². The third-order valence-electron chi connectivity index (χ3n) is 4.55. The zero-order valence-electron chi connectivity index (χ0n) is 11.8. The fraction of sp³-hybridized carbons (Fsp3) is 1.00. The molecule has 0 spiro atoms. The summed E-state index contributed by atoms with van der Waals surface area (Å²) in [6.07, 6.45) is 4.05. The molecule has 0 aromatic rings. The van der Waals surface area contributed by atoms with Gasteiger partial charge in [-0.25, -0.2) is 0 Å². The van der Waals surface area contributed by atoms with Gasteiger partial charge < -0.3 is 20.1 Å². The van der Waals surface area contributed by atoms with Gasteiger partial charge >= 0.3 is 0 Å². The second-order valence-corrected chi connectivity index (χ2v) is 5.94. The van der Waals surface area contributed by atoms with Gasteiger partial charge in [0.2, 0.25) is 0 Å². The first-order chi connectivity index (χ1) is 8.76. The fourth-order valence-electron chi connectivity index (χ4n) is 3.20. The van der Waals surface area contributed by atoms with Crippen molar-refractivity contribution < 1.29 is 9.47 Å². The molecule has 0 radical (unpaired) electrons. The van der Waals surface area contributed by atoms with E-state index in [9.17, 15) is 0 Å². The maximum atomic E-state index is 5.61. The van der Waals surface area contributed by atoms with Gasteiger partial charge in [-0.15, -0.1) is 0 Å². The second kappa shape index (κ2) is 6.85. The van der Waals surface area contributed by atoms with Crippen molar-refractivity contribution in [1.82, 2.24) is 10.6 Å². The lowest BCUT2D eigenvalue weighted by atomic mass is 9.79. The Morgan fingerprint density at radius 3 is 2.78 bits per heavy atom. The van der Waals surface area contributed by atoms with Crippen LogP contribution in [0.1, 0.15) is 26.2 Å². The predicted molar refractivity (Wildman–Crippen MR) is 72.8 cm³/mol. The normalized spacial score (nSPS) is 31.7. The monoisotopic (exact) mass is 256 g/mol. The van der Waals surface area contributed by atoms with Crippen LogP contribution in [-0.2, 0) is 9.47 Å². The highest BCUT2D eigenvalue weighted by molar-refractivity contribution is 4.87. The molecule has 2 N–H and O–H groups in total. The molecule has 106 valence electrons. The summed E-state index contributed by atoms with van der Waals surface area (Å²) in [6.45, 7) is 8.39. The van der Waals surface area contributed by atoms with E-state index >= 15 is 0 Å². The van der Waals surface area contributed by atoms with E-state index in [1.807, 2.05) is 7.11 Å². The first-order valence-electron chi connectivity index (χ1n) is 7.28. The van der Waals surface area contributed by atoms with E-state index in [-0.39, 0.29) is 0 Å². The summed E-state index contributed by atoms with van der Waals surface area (Å²) >= 11 is 0. The Morgan fingerprint density at radius 1 is 1.39 bits per heavy atom. The number of hydrogen-bond acceptors (Lipinski definition) is 4. The van der Waals surface area contributed by atoms with E-state index in [1.165, 1.54) is 19.3 Å².